The lowest BCUT2D eigenvalue weighted by Gasteiger charge is -2.07. The predicted octanol–water partition coefficient (Wildman–Crippen LogP) is 10.7. The van der Waals surface area contributed by atoms with E-state index in [1.54, 1.807) is 0 Å². The van der Waals surface area contributed by atoms with E-state index in [2.05, 4.69) is 32.9 Å². The largest absolute Gasteiger partial charge is 0.466 e. The first kappa shape index (κ1) is 32.2. The highest BCUT2D eigenvalue weighted by atomic mass is 16.5. The molecular formula is C31H60O2. The van der Waals surface area contributed by atoms with Gasteiger partial charge in [0, 0.05) is 6.42 Å². The molecule has 1 unspecified atom stereocenters. The van der Waals surface area contributed by atoms with E-state index in [1.165, 1.54) is 122 Å². The lowest BCUT2D eigenvalue weighted by Crippen LogP contribution is -2.05. The maximum atomic E-state index is 11.8. The van der Waals surface area contributed by atoms with Gasteiger partial charge in [0.15, 0.2) is 0 Å². The molecule has 2 nitrogen and oxygen atoms in total. The Balaban J connectivity index is 3.19. The smallest absolute Gasteiger partial charge is 0.305 e. The molecule has 1 atom stereocenters. The Kier molecular flexibility index (Phi) is 26.8. The molecule has 2 heteroatoms. The van der Waals surface area contributed by atoms with Crippen molar-refractivity contribution in [1.82, 2.24) is 0 Å². The van der Waals surface area contributed by atoms with Crippen molar-refractivity contribution in [3.63, 3.8) is 0 Å². The molecule has 0 aliphatic heterocycles. The lowest BCUT2D eigenvalue weighted by molar-refractivity contribution is -0.143. The molecule has 0 bridgehead atoms. The zero-order valence-corrected chi connectivity index (χ0v) is 23.0. The second-order valence-electron chi connectivity index (χ2n) is 10.3. The maximum absolute atomic E-state index is 11.8. The van der Waals surface area contributed by atoms with Gasteiger partial charge in [0.1, 0.15) is 0 Å². The van der Waals surface area contributed by atoms with Crippen molar-refractivity contribution in [2.75, 3.05) is 6.61 Å². The molecule has 0 aromatic carbocycles. The van der Waals surface area contributed by atoms with Gasteiger partial charge in [-0.05, 0) is 38.0 Å². The van der Waals surface area contributed by atoms with Crippen LogP contribution in [0.25, 0.3) is 0 Å². The van der Waals surface area contributed by atoms with Crippen LogP contribution < -0.4 is 0 Å². The van der Waals surface area contributed by atoms with Gasteiger partial charge in [-0.1, -0.05) is 142 Å². The van der Waals surface area contributed by atoms with Crippen LogP contribution >= 0.6 is 0 Å². The third-order valence-electron chi connectivity index (χ3n) is 6.94. The molecule has 0 aliphatic carbocycles. The Bertz CT molecular complexity index is 415. The van der Waals surface area contributed by atoms with Crippen LogP contribution in [0.5, 0.6) is 0 Å². The monoisotopic (exact) mass is 464 g/mol. The van der Waals surface area contributed by atoms with Gasteiger partial charge in [-0.2, -0.15) is 0 Å². The number of hydrogen-bond acceptors (Lipinski definition) is 2. The Morgan fingerprint density at radius 3 is 1.70 bits per heavy atom. The molecular weight excluding hydrogens is 404 g/mol. The van der Waals surface area contributed by atoms with Gasteiger partial charge in [-0.3, -0.25) is 4.79 Å². The van der Waals surface area contributed by atoms with Crippen LogP contribution in [0.15, 0.2) is 12.2 Å². The number of rotatable bonds is 26. The summed E-state index contributed by atoms with van der Waals surface area (Å²) in [6.45, 7) is 7.54. The van der Waals surface area contributed by atoms with Crippen LogP contribution in [-0.4, -0.2) is 12.6 Å². The van der Waals surface area contributed by atoms with Gasteiger partial charge in [0.25, 0.3) is 0 Å². The third-order valence-corrected chi connectivity index (χ3v) is 6.94. The van der Waals surface area contributed by atoms with Crippen molar-refractivity contribution in [1.29, 1.82) is 0 Å². The van der Waals surface area contributed by atoms with Crippen LogP contribution in [0, 0.1) is 5.92 Å². The minimum Gasteiger partial charge on any atom is -0.466 e. The number of unbranched alkanes of at least 4 members (excludes halogenated alkanes) is 17. The average Bonchev–Trinajstić information content (AvgIpc) is 2.82. The summed E-state index contributed by atoms with van der Waals surface area (Å²) in [6.07, 6.45) is 33.8. The number of carbonyl (C=O) groups is 1. The van der Waals surface area contributed by atoms with Gasteiger partial charge in [0.2, 0.25) is 0 Å². The van der Waals surface area contributed by atoms with E-state index in [1.807, 2.05) is 0 Å². The van der Waals surface area contributed by atoms with E-state index in [9.17, 15) is 4.79 Å². The molecule has 0 aromatic rings. The van der Waals surface area contributed by atoms with Crippen LogP contribution in [-0.2, 0) is 9.53 Å². The van der Waals surface area contributed by atoms with E-state index in [-0.39, 0.29) is 5.97 Å². The summed E-state index contributed by atoms with van der Waals surface area (Å²) in [5.74, 6) is 0.930. The highest BCUT2D eigenvalue weighted by Crippen LogP contribution is 2.15. The van der Waals surface area contributed by atoms with Crippen molar-refractivity contribution in [3.05, 3.63) is 12.2 Å². The van der Waals surface area contributed by atoms with E-state index >= 15 is 0 Å². The second kappa shape index (κ2) is 27.5. The number of carbonyl (C=O) groups excluding carboxylic acids is 1. The van der Waals surface area contributed by atoms with Crippen molar-refractivity contribution in [3.8, 4) is 0 Å². The lowest BCUT2D eigenvalue weighted by atomic mass is 9.99. The van der Waals surface area contributed by atoms with Gasteiger partial charge in [-0.15, -0.1) is 0 Å². The quantitative estimate of drug-likeness (QED) is 0.0722. The Morgan fingerprint density at radius 1 is 0.636 bits per heavy atom. The van der Waals surface area contributed by atoms with Crippen LogP contribution in [0.1, 0.15) is 168 Å². The zero-order chi connectivity index (χ0) is 24.2. The number of ether oxygens (including phenoxy) is 1. The molecule has 33 heavy (non-hydrogen) atoms. The topological polar surface area (TPSA) is 26.3 Å². The number of allylic oxidation sites excluding steroid dienone is 2. The SMILES string of the molecule is CCCC/C=C\CCCCCCCC(=O)OCCCCCCCCCCCCCC(C)CC. The molecule has 0 radical (unpaired) electrons. The molecule has 0 rings (SSSR count). The highest BCUT2D eigenvalue weighted by molar-refractivity contribution is 5.69. The predicted molar refractivity (Wildman–Crippen MR) is 147 cm³/mol. The average molecular weight is 465 g/mol. The fourth-order valence-electron chi connectivity index (χ4n) is 4.27. The molecule has 0 aliphatic rings. The zero-order valence-electron chi connectivity index (χ0n) is 23.0. The van der Waals surface area contributed by atoms with Gasteiger partial charge < -0.3 is 4.74 Å². The van der Waals surface area contributed by atoms with E-state index in [4.69, 9.17) is 4.74 Å². The first-order valence-electron chi connectivity index (χ1n) is 15.0. The summed E-state index contributed by atoms with van der Waals surface area (Å²) >= 11 is 0. The fraction of sp³-hybridized carbons (Fsp3) is 0.903. The van der Waals surface area contributed by atoms with E-state index in [0.717, 1.165) is 25.2 Å². The molecule has 0 fully saturated rings. The molecule has 196 valence electrons. The summed E-state index contributed by atoms with van der Waals surface area (Å²) in [5.41, 5.74) is 0. The van der Waals surface area contributed by atoms with Gasteiger partial charge in [-0.25, -0.2) is 0 Å². The van der Waals surface area contributed by atoms with Crippen LogP contribution in [0.3, 0.4) is 0 Å². The highest BCUT2D eigenvalue weighted by Gasteiger charge is 2.02. The van der Waals surface area contributed by atoms with E-state index in [0.29, 0.717) is 13.0 Å². The Labute approximate surface area is 208 Å². The molecule has 0 spiro atoms. The van der Waals surface area contributed by atoms with Gasteiger partial charge >= 0.3 is 5.97 Å². The van der Waals surface area contributed by atoms with Crippen molar-refractivity contribution in [2.24, 2.45) is 5.92 Å². The first-order valence-corrected chi connectivity index (χ1v) is 15.0. The standard InChI is InChI=1S/C31H60O2/c1-4-6-7-8-9-10-12-16-19-22-25-28-31(32)33-29-26-23-20-17-14-11-13-15-18-21-24-27-30(3)5-2/h8-9,30H,4-7,10-29H2,1-3H3/b9-8-. The van der Waals surface area contributed by atoms with Crippen LogP contribution in [0.4, 0.5) is 0 Å². The molecule has 0 heterocycles. The molecule has 0 amide bonds. The van der Waals surface area contributed by atoms with Crippen LogP contribution in [0.2, 0.25) is 0 Å². The maximum Gasteiger partial charge on any atom is 0.305 e. The second-order valence-corrected chi connectivity index (χ2v) is 10.3. The first-order chi connectivity index (χ1) is 16.2. The number of esters is 1. The molecule has 0 saturated carbocycles. The number of hydrogen-bond donors (Lipinski definition) is 0. The van der Waals surface area contributed by atoms with Gasteiger partial charge in [0.05, 0.1) is 6.61 Å². The fourth-order valence-corrected chi connectivity index (χ4v) is 4.27. The van der Waals surface area contributed by atoms with Crippen molar-refractivity contribution < 1.29 is 9.53 Å². The summed E-state index contributed by atoms with van der Waals surface area (Å²) in [6, 6.07) is 0. The summed E-state index contributed by atoms with van der Waals surface area (Å²) in [5, 5.41) is 0. The molecule has 0 N–H and O–H groups in total. The normalized spacial score (nSPS) is 12.5. The van der Waals surface area contributed by atoms with Crippen molar-refractivity contribution in [2.45, 2.75) is 168 Å². The minimum atomic E-state index is 0.0120. The third kappa shape index (κ3) is 27.3. The Morgan fingerprint density at radius 2 is 1.12 bits per heavy atom. The molecule has 0 saturated heterocycles. The minimum absolute atomic E-state index is 0.0120. The summed E-state index contributed by atoms with van der Waals surface area (Å²) < 4.78 is 5.40. The Hall–Kier alpha value is -0.790. The summed E-state index contributed by atoms with van der Waals surface area (Å²) in [4.78, 5) is 11.8. The molecule has 0 aromatic heterocycles. The summed E-state index contributed by atoms with van der Waals surface area (Å²) in [7, 11) is 0. The van der Waals surface area contributed by atoms with E-state index < -0.39 is 0 Å². The van der Waals surface area contributed by atoms with Crippen molar-refractivity contribution >= 4 is 5.97 Å².